The number of thiophene rings is 1. The van der Waals surface area contributed by atoms with Gasteiger partial charge in [-0.05, 0) is 47.5 Å². The van der Waals surface area contributed by atoms with Gasteiger partial charge in [0.2, 0.25) is 0 Å². The molecule has 2 aromatic carbocycles. The summed E-state index contributed by atoms with van der Waals surface area (Å²) in [5.74, 6) is 1.45. The molecule has 148 valence electrons. The summed E-state index contributed by atoms with van der Waals surface area (Å²) in [5.41, 5.74) is 3.67. The van der Waals surface area contributed by atoms with Crippen molar-refractivity contribution < 1.29 is 14.4 Å². The number of benzene rings is 2. The van der Waals surface area contributed by atoms with Gasteiger partial charge in [0.05, 0.1) is 5.39 Å². The first-order chi connectivity index (χ1) is 14.3. The molecule has 0 saturated heterocycles. The molecule has 0 bridgehead atoms. The van der Waals surface area contributed by atoms with E-state index in [1.165, 1.54) is 11.1 Å². The lowest BCUT2D eigenvalue weighted by Gasteiger charge is -2.18. The van der Waals surface area contributed by atoms with E-state index in [4.69, 9.17) is 9.26 Å². The fourth-order valence-electron chi connectivity index (χ4n) is 3.92. The van der Waals surface area contributed by atoms with Crippen molar-refractivity contribution in [2.75, 3.05) is 13.2 Å². The Labute approximate surface area is 172 Å². The summed E-state index contributed by atoms with van der Waals surface area (Å²) in [7, 11) is 0. The number of hydrogen-bond acceptors (Lipinski definition) is 6. The van der Waals surface area contributed by atoms with Gasteiger partial charge in [-0.25, -0.2) is 0 Å². The third-order valence-electron chi connectivity index (χ3n) is 5.38. The Morgan fingerprint density at radius 3 is 3.10 bits per heavy atom. The highest BCUT2D eigenvalue weighted by Crippen LogP contribution is 2.33. The van der Waals surface area contributed by atoms with Gasteiger partial charge in [-0.2, -0.15) is 0 Å². The maximum atomic E-state index is 10.4. The second kappa shape index (κ2) is 7.99. The smallest absolute Gasteiger partial charge is 0.175 e. The van der Waals surface area contributed by atoms with Gasteiger partial charge in [0.25, 0.3) is 0 Å². The van der Waals surface area contributed by atoms with Gasteiger partial charge in [-0.1, -0.05) is 41.6 Å². The second-order valence-corrected chi connectivity index (χ2v) is 8.24. The standard InChI is InChI=1S/C23H22N2O3S/c26-17(13-24-21-9-8-15-4-1-2-7-19(15)21)14-27-18-6-3-5-16(12-18)22-20-10-11-29-23(20)25-28-22/h1-7,10-12,17,21,24,26H,8-9,13-14H2/t17-,21?/m1/s1. The zero-order valence-corrected chi connectivity index (χ0v) is 16.7. The zero-order chi connectivity index (χ0) is 19.6. The van der Waals surface area contributed by atoms with Crippen LogP contribution in [0.2, 0.25) is 0 Å². The van der Waals surface area contributed by atoms with Crippen molar-refractivity contribution in [2.45, 2.75) is 25.0 Å². The number of aliphatic hydroxyl groups is 1. The highest BCUT2D eigenvalue weighted by atomic mass is 32.1. The summed E-state index contributed by atoms with van der Waals surface area (Å²) in [4.78, 5) is 0.890. The molecule has 0 saturated carbocycles. The topological polar surface area (TPSA) is 67.5 Å². The fraction of sp³-hybridized carbons (Fsp3) is 0.261. The summed E-state index contributed by atoms with van der Waals surface area (Å²) in [6.07, 6.45) is 1.58. The van der Waals surface area contributed by atoms with Gasteiger partial charge < -0.3 is 19.7 Å². The van der Waals surface area contributed by atoms with Crippen LogP contribution in [0.25, 0.3) is 21.5 Å². The number of hydrogen-bond donors (Lipinski definition) is 2. The van der Waals surface area contributed by atoms with E-state index in [0.29, 0.717) is 18.3 Å². The predicted molar refractivity (Wildman–Crippen MR) is 114 cm³/mol. The van der Waals surface area contributed by atoms with E-state index in [2.05, 4.69) is 34.7 Å². The molecule has 5 nitrogen and oxygen atoms in total. The van der Waals surface area contributed by atoms with Crippen molar-refractivity contribution in [3.8, 4) is 17.1 Å². The van der Waals surface area contributed by atoms with E-state index in [-0.39, 0.29) is 6.61 Å². The number of aryl methyl sites for hydroxylation is 1. The van der Waals surface area contributed by atoms with Crippen molar-refractivity contribution in [1.29, 1.82) is 0 Å². The number of rotatable bonds is 7. The summed E-state index contributed by atoms with van der Waals surface area (Å²) < 4.78 is 11.3. The van der Waals surface area contributed by atoms with Gasteiger partial charge in [0.15, 0.2) is 10.6 Å². The molecule has 1 aliphatic rings. The molecule has 0 fully saturated rings. The predicted octanol–water partition coefficient (Wildman–Crippen LogP) is 4.57. The minimum absolute atomic E-state index is 0.231. The van der Waals surface area contributed by atoms with Crippen LogP contribution in [-0.4, -0.2) is 29.5 Å². The molecular weight excluding hydrogens is 384 g/mol. The van der Waals surface area contributed by atoms with Gasteiger partial charge in [0, 0.05) is 18.2 Å². The molecule has 0 amide bonds. The lowest BCUT2D eigenvalue weighted by atomic mass is 10.1. The van der Waals surface area contributed by atoms with Crippen LogP contribution in [0.3, 0.4) is 0 Å². The molecule has 6 heteroatoms. The summed E-state index contributed by atoms with van der Waals surface area (Å²) >= 11 is 1.56. The van der Waals surface area contributed by atoms with Crippen LogP contribution in [0, 0.1) is 0 Å². The Balaban J connectivity index is 1.18. The van der Waals surface area contributed by atoms with E-state index in [1.54, 1.807) is 11.3 Å². The molecule has 4 aromatic rings. The molecule has 0 radical (unpaired) electrons. The van der Waals surface area contributed by atoms with Crippen molar-refractivity contribution in [2.24, 2.45) is 0 Å². The third kappa shape index (κ3) is 3.79. The second-order valence-electron chi connectivity index (χ2n) is 7.34. The lowest BCUT2D eigenvalue weighted by molar-refractivity contribution is 0.103. The van der Waals surface area contributed by atoms with Crippen molar-refractivity contribution >= 4 is 21.6 Å². The monoisotopic (exact) mass is 406 g/mol. The molecule has 1 aliphatic carbocycles. The Bertz CT molecular complexity index is 1120. The van der Waals surface area contributed by atoms with Crippen LogP contribution >= 0.6 is 11.3 Å². The normalized spacial score (nSPS) is 16.8. The van der Waals surface area contributed by atoms with Crippen LogP contribution in [-0.2, 0) is 6.42 Å². The van der Waals surface area contributed by atoms with E-state index in [1.807, 2.05) is 35.7 Å². The average Bonchev–Trinajstić information content (AvgIpc) is 3.46. The van der Waals surface area contributed by atoms with E-state index in [9.17, 15) is 5.11 Å². The number of aliphatic hydroxyl groups excluding tert-OH is 1. The number of aromatic nitrogens is 1. The van der Waals surface area contributed by atoms with Crippen LogP contribution in [0.15, 0.2) is 64.5 Å². The van der Waals surface area contributed by atoms with E-state index in [0.717, 1.165) is 34.4 Å². The maximum absolute atomic E-state index is 10.4. The van der Waals surface area contributed by atoms with Crippen LogP contribution < -0.4 is 10.1 Å². The lowest BCUT2D eigenvalue weighted by Crippen LogP contribution is -2.33. The van der Waals surface area contributed by atoms with Crippen LogP contribution in [0.4, 0.5) is 0 Å². The first kappa shape index (κ1) is 18.4. The Kier molecular flexibility index (Phi) is 5.06. The molecule has 1 unspecified atom stereocenters. The summed E-state index contributed by atoms with van der Waals surface area (Å²) in [6, 6.07) is 18.5. The van der Waals surface area contributed by atoms with Crippen molar-refractivity contribution in [3.63, 3.8) is 0 Å². The first-order valence-electron chi connectivity index (χ1n) is 9.83. The Hall–Kier alpha value is -2.67. The van der Waals surface area contributed by atoms with Gasteiger partial charge in [-0.3, -0.25) is 0 Å². The largest absolute Gasteiger partial charge is 0.491 e. The van der Waals surface area contributed by atoms with Crippen LogP contribution in [0.5, 0.6) is 5.75 Å². The molecular formula is C23H22N2O3S. The van der Waals surface area contributed by atoms with E-state index < -0.39 is 6.10 Å². The third-order valence-corrected chi connectivity index (χ3v) is 6.17. The fourth-order valence-corrected chi connectivity index (χ4v) is 4.62. The Morgan fingerprint density at radius 1 is 1.21 bits per heavy atom. The molecule has 29 heavy (non-hydrogen) atoms. The molecule has 2 atom stereocenters. The average molecular weight is 407 g/mol. The highest BCUT2D eigenvalue weighted by Gasteiger charge is 2.22. The maximum Gasteiger partial charge on any atom is 0.175 e. The minimum Gasteiger partial charge on any atom is -0.491 e. The Morgan fingerprint density at radius 2 is 2.14 bits per heavy atom. The molecule has 2 N–H and O–H groups in total. The highest BCUT2D eigenvalue weighted by molar-refractivity contribution is 7.16. The molecule has 0 aliphatic heterocycles. The number of nitrogens with one attached hydrogen (secondary N) is 1. The zero-order valence-electron chi connectivity index (χ0n) is 15.9. The first-order valence-corrected chi connectivity index (χ1v) is 10.7. The number of fused-ring (bicyclic) bond motifs is 2. The van der Waals surface area contributed by atoms with Crippen molar-refractivity contribution in [1.82, 2.24) is 10.5 Å². The summed E-state index contributed by atoms with van der Waals surface area (Å²) in [5, 5.41) is 20.9. The van der Waals surface area contributed by atoms with Crippen LogP contribution in [0.1, 0.15) is 23.6 Å². The minimum atomic E-state index is -0.583. The van der Waals surface area contributed by atoms with Crippen molar-refractivity contribution in [3.05, 3.63) is 71.1 Å². The number of ether oxygens (including phenoxy) is 1. The summed E-state index contributed by atoms with van der Waals surface area (Å²) in [6.45, 7) is 0.728. The molecule has 2 heterocycles. The van der Waals surface area contributed by atoms with Gasteiger partial charge >= 0.3 is 0 Å². The molecule has 5 rings (SSSR count). The van der Waals surface area contributed by atoms with E-state index >= 15 is 0 Å². The molecule has 2 aromatic heterocycles. The molecule has 0 spiro atoms. The SMILES string of the molecule is O[C@H](CNC1CCc2ccccc21)COc1cccc(-c2onc3sccc23)c1. The van der Waals surface area contributed by atoms with Gasteiger partial charge in [0.1, 0.15) is 18.5 Å². The quantitative estimate of drug-likeness (QED) is 0.470. The van der Waals surface area contributed by atoms with Gasteiger partial charge in [-0.15, -0.1) is 11.3 Å². The number of nitrogens with zero attached hydrogens (tertiary/aromatic N) is 1.